The zero-order valence-corrected chi connectivity index (χ0v) is 10.9. The van der Waals surface area contributed by atoms with Crippen LogP contribution >= 0.6 is 0 Å². The molecule has 4 nitrogen and oxygen atoms in total. The first-order valence-corrected chi connectivity index (χ1v) is 6.14. The molecule has 1 aromatic carbocycles. The Morgan fingerprint density at radius 3 is 2.25 bits per heavy atom. The molecule has 0 radical (unpaired) electrons. The lowest BCUT2D eigenvalue weighted by atomic mass is 10.0. The first kappa shape index (κ1) is 14.4. The summed E-state index contributed by atoms with van der Waals surface area (Å²) < 4.78 is 40.5. The van der Waals surface area contributed by atoms with Gasteiger partial charge in [0.25, 0.3) is 0 Å². The van der Waals surface area contributed by atoms with E-state index in [1.165, 1.54) is 6.92 Å². The lowest BCUT2D eigenvalue weighted by Crippen LogP contribution is -2.62. The van der Waals surface area contributed by atoms with Gasteiger partial charge >= 0.3 is 0 Å². The number of rotatable bonds is 2. The number of carbonyl (C=O) groups excluding carboxylic acids is 2. The van der Waals surface area contributed by atoms with Crippen LogP contribution in [-0.4, -0.2) is 23.9 Å². The van der Waals surface area contributed by atoms with Gasteiger partial charge in [0.15, 0.2) is 11.6 Å². The SMILES string of the molecule is CCC1NC(=O)C(C)N(c2c(F)cc(F)cc2F)C1=O. The van der Waals surface area contributed by atoms with Crippen LogP contribution in [0.1, 0.15) is 20.3 Å². The van der Waals surface area contributed by atoms with Gasteiger partial charge in [0.2, 0.25) is 11.8 Å². The zero-order valence-electron chi connectivity index (χ0n) is 10.9. The summed E-state index contributed by atoms with van der Waals surface area (Å²) in [7, 11) is 0. The second-order valence-electron chi connectivity index (χ2n) is 4.57. The number of halogens is 3. The van der Waals surface area contributed by atoms with Crippen molar-refractivity contribution in [2.24, 2.45) is 0 Å². The van der Waals surface area contributed by atoms with Gasteiger partial charge in [0.05, 0.1) is 0 Å². The van der Waals surface area contributed by atoms with E-state index < -0.39 is 47.0 Å². The molecular weight excluding hydrogens is 273 g/mol. The molecule has 0 aliphatic carbocycles. The average molecular weight is 286 g/mol. The Morgan fingerprint density at radius 1 is 1.20 bits per heavy atom. The van der Waals surface area contributed by atoms with E-state index in [-0.39, 0.29) is 6.42 Å². The summed E-state index contributed by atoms with van der Waals surface area (Å²) in [5.41, 5.74) is -0.697. The predicted molar refractivity (Wildman–Crippen MR) is 65.5 cm³/mol. The van der Waals surface area contributed by atoms with Crippen molar-refractivity contribution in [1.29, 1.82) is 0 Å². The van der Waals surface area contributed by atoms with Crippen molar-refractivity contribution in [3.63, 3.8) is 0 Å². The Labute approximate surface area is 113 Å². The van der Waals surface area contributed by atoms with E-state index in [9.17, 15) is 22.8 Å². The molecule has 2 rings (SSSR count). The number of hydrogen-bond donors (Lipinski definition) is 1. The number of nitrogens with one attached hydrogen (secondary N) is 1. The molecule has 0 bridgehead atoms. The van der Waals surface area contributed by atoms with Crippen LogP contribution in [0.5, 0.6) is 0 Å². The highest BCUT2D eigenvalue weighted by molar-refractivity contribution is 6.08. The van der Waals surface area contributed by atoms with Crippen molar-refractivity contribution in [2.75, 3.05) is 4.90 Å². The summed E-state index contributed by atoms with van der Waals surface area (Å²) in [6.07, 6.45) is 0.290. The van der Waals surface area contributed by atoms with E-state index in [1.807, 2.05) is 0 Å². The molecule has 0 aromatic heterocycles. The Balaban J connectivity index is 2.54. The van der Waals surface area contributed by atoms with Gasteiger partial charge in [0.1, 0.15) is 23.6 Å². The normalized spacial score (nSPS) is 22.9. The molecule has 1 heterocycles. The Kier molecular flexibility index (Phi) is 3.69. The van der Waals surface area contributed by atoms with Gasteiger partial charge in [-0.25, -0.2) is 13.2 Å². The topological polar surface area (TPSA) is 49.4 Å². The molecule has 2 unspecified atom stereocenters. The molecule has 1 aliphatic rings. The maximum atomic E-state index is 13.8. The lowest BCUT2D eigenvalue weighted by molar-refractivity contribution is -0.133. The first-order chi connectivity index (χ1) is 9.36. The van der Waals surface area contributed by atoms with Gasteiger partial charge in [-0.05, 0) is 13.3 Å². The molecule has 1 aromatic rings. The fraction of sp³-hybridized carbons (Fsp3) is 0.385. The minimum Gasteiger partial charge on any atom is -0.343 e. The molecule has 7 heteroatoms. The van der Waals surface area contributed by atoms with E-state index in [4.69, 9.17) is 0 Å². The molecule has 1 saturated heterocycles. The summed E-state index contributed by atoms with van der Waals surface area (Å²) in [5.74, 6) is -4.65. The third-order valence-electron chi connectivity index (χ3n) is 3.25. The summed E-state index contributed by atoms with van der Waals surface area (Å²) in [4.78, 5) is 24.7. The Morgan fingerprint density at radius 2 is 1.75 bits per heavy atom. The van der Waals surface area contributed by atoms with Crippen LogP contribution < -0.4 is 10.2 Å². The van der Waals surface area contributed by atoms with Crippen molar-refractivity contribution in [2.45, 2.75) is 32.4 Å². The maximum Gasteiger partial charge on any atom is 0.250 e. The average Bonchev–Trinajstić information content (AvgIpc) is 2.36. The van der Waals surface area contributed by atoms with Crippen LogP contribution in [0.4, 0.5) is 18.9 Å². The highest BCUT2D eigenvalue weighted by Crippen LogP contribution is 2.29. The number of benzene rings is 1. The highest BCUT2D eigenvalue weighted by atomic mass is 19.1. The molecular formula is C13H13F3N2O2. The van der Waals surface area contributed by atoms with Crippen molar-refractivity contribution < 1.29 is 22.8 Å². The van der Waals surface area contributed by atoms with Crippen molar-refractivity contribution in [1.82, 2.24) is 5.32 Å². The summed E-state index contributed by atoms with van der Waals surface area (Å²) in [6, 6.07) is -0.958. The fourth-order valence-corrected chi connectivity index (χ4v) is 2.18. The lowest BCUT2D eigenvalue weighted by Gasteiger charge is -2.37. The summed E-state index contributed by atoms with van der Waals surface area (Å²) in [5, 5.41) is 2.47. The van der Waals surface area contributed by atoms with Gasteiger partial charge in [0, 0.05) is 12.1 Å². The molecule has 2 amide bonds. The van der Waals surface area contributed by atoms with Crippen LogP contribution in [0.25, 0.3) is 0 Å². The van der Waals surface area contributed by atoms with Crippen LogP contribution in [0.15, 0.2) is 12.1 Å². The fourth-order valence-electron chi connectivity index (χ4n) is 2.18. The summed E-state index contributed by atoms with van der Waals surface area (Å²) in [6.45, 7) is 3.01. The molecule has 2 atom stereocenters. The second-order valence-corrected chi connectivity index (χ2v) is 4.57. The van der Waals surface area contributed by atoms with E-state index in [0.29, 0.717) is 12.1 Å². The third-order valence-corrected chi connectivity index (χ3v) is 3.25. The van der Waals surface area contributed by atoms with Gasteiger partial charge < -0.3 is 5.32 Å². The molecule has 108 valence electrons. The smallest absolute Gasteiger partial charge is 0.250 e. The van der Waals surface area contributed by atoms with Gasteiger partial charge in [-0.15, -0.1) is 0 Å². The van der Waals surface area contributed by atoms with Crippen LogP contribution in [-0.2, 0) is 9.59 Å². The van der Waals surface area contributed by atoms with Crippen molar-refractivity contribution >= 4 is 17.5 Å². The third kappa shape index (κ3) is 2.23. The number of nitrogens with zero attached hydrogens (tertiary/aromatic N) is 1. The summed E-state index contributed by atoms with van der Waals surface area (Å²) >= 11 is 0. The number of carbonyl (C=O) groups is 2. The monoisotopic (exact) mass is 286 g/mol. The molecule has 1 aliphatic heterocycles. The molecule has 20 heavy (non-hydrogen) atoms. The standard InChI is InChI=1S/C13H13F3N2O2/c1-3-10-13(20)18(6(2)12(19)17-10)11-8(15)4-7(14)5-9(11)16/h4-6,10H,3H2,1-2H3,(H,17,19). The Hall–Kier alpha value is -2.05. The van der Waals surface area contributed by atoms with Crippen molar-refractivity contribution in [3.8, 4) is 0 Å². The second kappa shape index (κ2) is 5.15. The van der Waals surface area contributed by atoms with E-state index in [1.54, 1.807) is 6.92 Å². The molecule has 0 spiro atoms. The minimum atomic E-state index is -1.22. The molecule has 0 saturated carbocycles. The largest absolute Gasteiger partial charge is 0.343 e. The van der Waals surface area contributed by atoms with Crippen LogP contribution in [0.3, 0.4) is 0 Å². The highest BCUT2D eigenvalue weighted by Gasteiger charge is 2.40. The number of amides is 2. The minimum absolute atomic E-state index is 0.290. The number of piperazine rings is 1. The number of hydrogen-bond acceptors (Lipinski definition) is 2. The Bertz CT molecular complexity index is 554. The van der Waals surface area contributed by atoms with Crippen LogP contribution in [0.2, 0.25) is 0 Å². The van der Waals surface area contributed by atoms with E-state index in [2.05, 4.69) is 5.32 Å². The number of anilines is 1. The van der Waals surface area contributed by atoms with Gasteiger partial charge in [-0.2, -0.15) is 0 Å². The van der Waals surface area contributed by atoms with Gasteiger partial charge in [-0.3, -0.25) is 14.5 Å². The van der Waals surface area contributed by atoms with Crippen molar-refractivity contribution in [3.05, 3.63) is 29.6 Å². The molecule has 1 N–H and O–H groups in total. The predicted octanol–water partition coefficient (Wildman–Crippen LogP) is 1.73. The molecule has 1 fully saturated rings. The zero-order chi connectivity index (χ0) is 15.0. The van der Waals surface area contributed by atoms with Gasteiger partial charge in [-0.1, -0.05) is 6.92 Å². The van der Waals surface area contributed by atoms with Crippen LogP contribution in [0, 0.1) is 17.5 Å². The first-order valence-electron chi connectivity index (χ1n) is 6.14. The quantitative estimate of drug-likeness (QED) is 0.900. The maximum absolute atomic E-state index is 13.8. The van der Waals surface area contributed by atoms with E-state index >= 15 is 0 Å². The van der Waals surface area contributed by atoms with E-state index in [0.717, 1.165) is 4.90 Å².